The number of nitrogens with zero attached hydrogens (tertiary/aromatic N) is 12. The van der Waals surface area contributed by atoms with Crippen LogP contribution < -0.4 is 60.8 Å². The van der Waals surface area contributed by atoms with E-state index in [1.165, 1.54) is 143 Å². The van der Waals surface area contributed by atoms with Crippen molar-refractivity contribution >= 4 is 192 Å². The van der Waals surface area contributed by atoms with Gasteiger partial charge in [-0.2, -0.15) is 0 Å². The quantitative estimate of drug-likeness (QED) is 0.0367. The van der Waals surface area contributed by atoms with Crippen LogP contribution in [0.1, 0.15) is 84.2 Å². The topological polar surface area (TPSA) is 308 Å². The van der Waals surface area contributed by atoms with E-state index in [9.17, 15) is 33.2 Å². The molecule has 15 aromatic rings. The Hall–Kier alpha value is -13.9. The minimum Gasteiger partial charge on any atom is -0.457 e. The summed E-state index contributed by atoms with van der Waals surface area (Å²) in [7, 11) is 0. The lowest BCUT2D eigenvalue weighted by Crippen LogP contribution is -2.35. The third-order valence-corrected chi connectivity index (χ3v) is 26.4. The summed E-state index contributed by atoms with van der Waals surface area (Å²) in [6, 6.07) is 63.6. The number of anilines is 12. The lowest BCUT2D eigenvalue weighted by atomic mass is 10.1. The summed E-state index contributed by atoms with van der Waals surface area (Å²) in [6.45, 7) is 10.7. The predicted octanol–water partition coefficient (Wildman–Crippen LogP) is 22.6. The monoisotopic (exact) mass is 1830 g/mol. The SMILES string of the molecule is O=C(Nc1ccc(CCN2CCCCC2)cc1)c1sc2ncnc3c2c1NC(=O)N3c1ccc(Oc2ccccc2)c(Cl)c1.O=C(Nc1ccc(CN2CCCCC2)cc1)c1sc2ncnc3c2c1NC(=O)N3c1ccc(Oc2ccccc2)c(Cl)c1.O=C(Nc1ccc(CN2CCOCC2)cc1)c1sc2ncnc3c2c1NC(=O)N3c1ccc(Oc2cccc(F)c2)cc1. The van der Waals surface area contributed by atoms with Crippen LogP contribution in [0.3, 0.4) is 0 Å². The van der Waals surface area contributed by atoms with Gasteiger partial charge >= 0.3 is 18.1 Å². The molecule has 9 amide bonds. The molecule has 0 saturated carbocycles. The van der Waals surface area contributed by atoms with Crippen LogP contribution in [0.2, 0.25) is 10.0 Å². The van der Waals surface area contributed by atoms with Crippen molar-refractivity contribution in [2.45, 2.75) is 58.0 Å². The molecule has 6 aliphatic rings. The molecule has 6 aliphatic heterocycles. The van der Waals surface area contributed by atoms with Crippen LogP contribution >= 0.6 is 57.2 Å². The van der Waals surface area contributed by atoms with E-state index >= 15 is 0 Å². The second-order valence-electron chi connectivity index (χ2n) is 31.3. The molecule has 28 nitrogen and oxygen atoms in total. The van der Waals surface area contributed by atoms with Crippen molar-refractivity contribution in [3.8, 4) is 34.5 Å². The molecule has 0 radical (unpaired) electrons. The van der Waals surface area contributed by atoms with Gasteiger partial charge < -0.3 is 55.7 Å². The smallest absolute Gasteiger partial charge is 0.332 e. The number of rotatable bonds is 22. The first kappa shape index (κ1) is 85.5. The largest absolute Gasteiger partial charge is 0.457 e. The zero-order valence-electron chi connectivity index (χ0n) is 69.6. The summed E-state index contributed by atoms with van der Waals surface area (Å²) >= 11 is 16.7. The molecule has 6 N–H and O–H groups in total. The Morgan fingerprint density at radius 2 is 0.769 bits per heavy atom. The molecule has 0 bridgehead atoms. The molecule has 654 valence electrons. The van der Waals surface area contributed by atoms with Crippen LogP contribution in [0.25, 0.3) is 30.6 Å². The highest BCUT2D eigenvalue weighted by Crippen LogP contribution is 2.50. The number of morpholine rings is 1. The average molecular weight is 1830 g/mol. The highest BCUT2D eigenvalue weighted by molar-refractivity contribution is 7.22. The molecule has 0 unspecified atom stereocenters. The third kappa shape index (κ3) is 19.0. The Morgan fingerprint density at radius 3 is 1.18 bits per heavy atom. The van der Waals surface area contributed by atoms with Crippen LogP contribution in [0, 0.1) is 5.82 Å². The number of carbonyl (C=O) groups is 6. The summed E-state index contributed by atoms with van der Waals surface area (Å²) in [4.78, 5) is 121. The number of ether oxygens (including phenoxy) is 4. The molecule has 9 aromatic carbocycles. The number of thiophene rings is 3. The van der Waals surface area contributed by atoms with Crippen LogP contribution in [-0.2, 0) is 24.2 Å². The van der Waals surface area contributed by atoms with E-state index < -0.39 is 23.9 Å². The number of hydrogen-bond acceptors (Lipinski definition) is 22. The van der Waals surface area contributed by atoms with Crippen molar-refractivity contribution < 1.29 is 52.1 Å². The maximum atomic E-state index is 13.5. The first-order valence-corrected chi connectivity index (χ1v) is 45.5. The van der Waals surface area contributed by atoms with Gasteiger partial charge in [-0.15, -0.1) is 34.0 Å². The van der Waals surface area contributed by atoms with E-state index in [1.807, 2.05) is 121 Å². The molecule has 130 heavy (non-hydrogen) atoms. The van der Waals surface area contributed by atoms with E-state index in [0.29, 0.717) is 158 Å². The van der Waals surface area contributed by atoms with Gasteiger partial charge in [0.2, 0.25) is 0 Å². The van der Waals surface area contributed by atoms with Gasteiger partial charge in [-0.3, -0.25) is 24.2 Å². The summed E-state index contributed by atoms with van der Waals surface area (Å²) in [5, 5.41) is 20.0. The molecular formula is C96H81Cl2FN18O10S3. The number of benzene rings is 9. The van der Waals surface area contributed by atoms with Crippen molar-refractivity contribution in [1.29, 1.82) is 0 Å². The first-order valence-electron chi connectivity index (χ1n) is 42.3. The van der Waals surface area contributed by atoms with Gasteiger partial charge in [-0.05, 0) is 208 Å². The molecule has 34 heteroatoms. The van der Waals surface area contributed by atoms with Gasteiger partial charge in [-0.25, -0.2) is 63.4 Å². The van der Waals surface area contributed by atoms with Crippen molar-refractivity contribution in [3.05, 3.63) is 285 Å². The minimum absolute atomic E-state index is 0.325. The molecule has 0 atom stereocenters. The molecule has 0 spiro atoms. The fraction of sp³-hybridized carbons (Fsp3) is 0.188. The third-order valence-electron chi connectivity index (χ3n) is 22.5. The highest BCUT2D eigenvalue weighted by atomic mass is 35.5. The first-order chi connectivity index (χ1) is 63.6. The Balaban J connectivity index is 0.000000126. The Labute approximate surface area is 766 Å². The van der Waals surface area contributed by atoms with E-state index in [1.54, 1.807) is 72.8 Å². The van der Waals surface area contributed by atoms with E-state index in [0.717, 1.165) is 71.0 Å². The van der Waals surface area contributed by atoms with Crippen molar-refractivity contribution in [1.82, 2.24) is 44.6 Å². The number of hydrogen-bond donors (Lipinski definition) is 6. The van der Waals surface area contributed by atoms with Gasteiger partial charge in [0, 0.05) is 55.9 Å². The van der Waals surface area contributed by atoms with E-state index in [-0.39, 0.29) is 17.7 Å². The molecular weight excluding hydrogens is 1750 g/mol. The molecule has 3 fully saturated rings. The Bertz CT molecular complexity index is 6770. The maximum Gasteiger partial charge on any atom is 0.332 e. The van der Waals surface area contributed by atoms with Gasteiger partial charge in [-0.1, -0.05) is 115 Å². The van der Waals surface area contributed by atoms with Gasteiger partial charge in [0.1, 0.15) is 88.4 Å². The van der Waals surface area contributed by atoms with E-state index in [2.05, 4.69) is 88.6 Å². The normalized spacial score (nSPS) is 14.9. The summed E-state index contributed by atoms with van der Waals surface area (Å²) in [5.74, 6) is 2.74. The number of para-hydroxylation sites is 2. The van der Waals surface area contributed by atoms with Crippen molar-refractivity contribution in [2.24, 2.45) is 0 Å². The van der Waals surface area contributed by atoms with Crippen LogP contribution in [0.5, 0.6) is 34.5 Å². The zero-order chi connectivity index (χ0) is 88.7. The Kier molecular flexibility index (Phi) is 25.4. The van der Waals surface area contributed by atoms with Crippen LogP contribution in [0.4, 0.5) is 87.4 Å². The number of urea groups is 3. The molecule has 21 rings (SSSR count). The van der Waals surface area contributed by atoms with Gasteiger partial charge in [0.15, 0.2) is 17.5 Å². The number of halogens is 3. The fourth-order valence-electron chi connectivity index (χ4n) is 16.1. The van der Waals surface area contributed by atoms with Crippen LogP contribution in [-0.4, -0.2) is 139 Å². The maximum absolute atomic E-state index is 13.5. The fourth-order valence-corrected chi connectivity index (χ4v) is 19.5. The van der Waals surface area contributed by atoms with Crippen molar-refractivity contribution in [3.63, 3.8) is 0 Å². The molecule has 3 saturated heterocycles. The summed E-state index contributed by atoms with van der Waals surface area (Å²) in [5.41, 5.74) is 8.30. The highest BCUT2D eigenvalue weighted by Gasteiger charge is 2.38. The predicted molar refractivity (Wildman–Crippen MR) is 507 cm³/mol. The zero-order valence-corrected chi connectivity index (χ0v) is 73.5. The minimum atomic E-state index is -0.466. The number of amides is 9. The van der Waals surface area contributed by atoms with Crippen molar-refractivity contribution in [2.75, 3.05) is 106 Å². The number of aromatic nitrogens is 6. The van der Waals surface area contributed by atoms with Gasteiger partial charge in [0.05, 0.1) is 73.5 Å². The Morgan fingerprint density at radius 1 is 0.392 bits per heavy atom. The van der Waals surface area contributed by atoms with E-state index in [4.69, 9.17) is 42.1 Å². The second kappa shape index (κ2) is 38.6. The lowest BCUT2D eigenvalue weighted by molar-refractivity contribution is 0.0342. The average Bonchev–Trinajstić information content (AvgIpc) is 1.52. The molecule has 0 aliphatic carbocycles. The standard InChI is InChI=1S/C33H29ClN6O3S.C32H27ClN6O3S.C31H25FN6O4S/c34-25-19-23(13-14-26(25)43-24-7-3-1-4-8-24)40-30-27-28(38-33(40)42)29(44-32(27)36-20-35-30)31(41)37-22-11-9-21(10-12-22)15-18-39-16-5-2-6-17-39;33-24-17-22(13-14-25(24)42-23-7-3-1-4-8-23)39-29-26-27(37-32(39)41)28(43-31(26)35-19-34-29)30(40)36-21-11-9-20(10-12-21)18-38-15-5-2-6-16-38;32-20-2-1-3-24(16-20)42-23-10-8-22(9-11-23)38-28-25-26(36-31(38)40)27(43-30(25)34-18-33-28)29(39)35-21-6-4-19(5-7-21)17-37-12-14-41-15-13-37/h1,3-4,7-14,19-20H,2,5-6,15-18H2,(H,37,41)(H,38,42);1,3-4,7-14,17,19H,2,5-6,15-16,18H2,(H,36,40)(H,37,41);1-11,16,18H,12-15,17H2,(H,35,39)(H,36,40). The lowest BCUT2D eigenvalue weighted by Gasteiger charge is -2.27. The number of carbonyl (C=O) groups excluding carboxylic acids is 6. The summed E-state index contributed by atoms with van der Waals surface area (Å²) < 4.78 is 36.5. The molecule has 12 heterocycles. The number of likely N-dealkylation sites (tertiary alicyclic amines) is 2. The van der Waals surface area contributed by atoms with Gasteiger partial charge in [0.25, 0.3) is 17.7 Å². The summed E-state index contributed by atoms with van der Waals surface area (Å²) in [6.07, 6.45) is 12.8. The second-order valence-corrected chi connectivity index (χ2v) is 35.1. The number of nitrogens with one attached hydrogen (secondary N) is 6. The number of piperidine rings is 2. The molecule has 6 aromatic heterocycles. The van der Waals surface area contributed by atoms with Crippen LogP contribution in [0.15, 0.2) is 237 Å².